The Bertz CT molecular complexity index is 655. The zero-order valence-corrected chi connectivity index (χ0v) is 15.0. The first kappa shape index (κ1) is 17.6. The molecule has 2 fully saturated rings. The highest BCUT2D eigenvalue weighted by Crippen LogP contribution is 2.55. The van der Waals surface area contributed by atoms with Gasteiger partial charge in [0.05, 0.1) is 11.6 Å². The number of benzene rings is 1. The third kappa shape index (κ3) is 2.94. The molecule has 0 unspecified atom stereocenters. The zero-order valence-electron chi connectivity index (χ0n) is 15.0. The van der Waals surface area contributed by atoms with Crippen LogP contribution in [-0.4, -0.2) is 39.8 Å². The van der Waals surface area contributed by atoms with E-state index in [-0.39, 0.29) is 24.1 Å². The first-order valence-corrected chi connectivity index (χ1v) is 8.75. The zero-order chi connectivity index (χ0) is 18.2. The van der Waals surface area contributed by atoms with Crippen molar-refractivity contribution in [3.63, 3.8) is 0 Å². The molecular formula is C19H26N2O4. The summed E-state index contributed by atoms with van der Waals surface area (Å²) in [4.78, 5) is 25.7. The second-order valence-corrected chi connectivity index (χ2v) is 8.01. The van der Waals surface area contributed by atoms with Crippen molar-refractivity contribution >= 4 is 12.2 Å². The fourth-order valence-electron chi connectivity index (χ4n) is 4.67. The second-order valence-electron chi connectivity index (χ2n) is 8.01. The van der Waals surface area contributed by atoms with Gasteiger partial charge in [-0.3, -0.25) is 4.90 Å². The van der Waals surface area contributed by atoms with Crippen LogP contribution in [0.1, 0.15) is 45.6 Å². The largest absolute Gasteiger partial charge is 0.465 e. The van der Waals surface area contributed by atoms with E-state index in [1.165, 1.54) is 0 Å². The van der Waals surface area contributed by atoms with Gasteiger partial charge in [0, 0.05) is 6.04 Å². The Morgan fingerprint density at radius 1 is 1.32 bits per heavy atom. The third-order valence-electron chi connectivity index (χ3n) is 5.75. The predicted molar refractivity (Wildman–Crippen MR) is 93.2 cm³/mol. The van der Waals surface area contributed by atoms with Gasteiger partial charge in [0.25, 0.3) is 0 Å². The minimum atomic E-state index is -0.903. The summed E-state index contributed by atoms with van der Waals surface area (Å²) in [5.41, 5.74) is 0.0480. The molecule has 0 aliphatic carbocycles. The number of amides is 2. The monoisotopic (exact) mass is 346 g/mol. The van der Waals surface area contributed by atoms with Crippen molar-refractivity contribution in [1.82, 2.24) is 10.2 Å². The molecule has 2 amide bonds. The van der Waals surface area contributed by atoms with E-state index < -0.39 is 17.7 Å². The molecule has 0 saturated carbocycles. The van der Waals surface area contributed by atoms with Crippen LogP contribution in [-0.2, 0) is 11.3 Å². The van der Waals surface area contributed by atoms with Crippen molar-refractivity contribution < 1.29 is 19.4 Å². The molecule has 1 aromatic rings. The number of rotatable bonds is 3. The first-order chi connectivity index (χ1) is 11.8. The summed E-state index contributed by atoms with van der Waals surface area (Å²) in [6.45, 7) is 6.33. The number of hydrogen-bond acceptors (Lipinski definition) is 3. The Morgan fingerprint density at radius 3 is 2.60 bits per heavy atom. The van der Waals surface area contributed by atoms with Gasteiger partial charge in [-0.2, -0.15) is 0 Å². The Labute approximate surface area is 148 Å². The SMILES string of the molecule is CC(C)(C)[C@]12CC[C@@H](C[C@@H]1NC(=O)OCc1ccccc1)N2C(=O)O. The van der Waals surface area contributed by atoms with Crippen LogP contribution in [0.3, 0.4) is 0 Å². The summed E-state index contributed by atoms with van der Waals surface area (Å²) >= 11 is 0. The van der Waals surface area contributed by atoms with Gasteiger partial charge in [-0.05, 0) is 30.2 Å². The Balaban J connectivity index is 1.71. The van der Waals surface area contributed by atoms with Crippen LogP contribution in [0.2, 0.25) is 0 Å². The highest BCUT2D eigenvalue weighted by atomic mass is 16.5. The summed E-state index contributed by atoms with van der Waals surface area (Å²) in [5.74, 6) is 0. The predicted octanol–water partition coefficient (Wildman–Crippen LogP) is 3.61. The van der Waals surface area contributed by atoms with Gasteiger partial charge in [-0.1, -0.05) is 51.1 Å². The molecule has 2 aliphatic heterocycles. The number of ether oxygens (including phenoxy) is 1. The standard InChI is InChI=1S/C19H26N2O4/c1-18(2,3)19-10-9-14(21(19)17(23)24)11-15(19)20-16(22)25-12-13-7-5-4-6-8-13/h4-8,14-15H,9-12H2,1-3H3,(H,20,22)(H,23,24)/t14-,15-,19-/m0/s1. The summed E-state index contributed by atoms with van der Waals surface area (Å²) in [6, 6.07) is 9.23. The molecular weight excluding hydrogens is 320 g/mol. The molecule has 3 atom stereocenters. The van der Waals surface area contributed by atoms with E-state index in [2.05, 4.69) is 5.32 Å². The highest BCUT2D eigenvalue weighted by molar-refractivity contribution is 5.71. The molecule has 3 rings (SSSR count). The van der Waals surface area contributed by atoms with Crippen LogP contribution in [0.5, 0.6) is 0 Å². The van der Waals surface area contributed by atoms with Crippen LogP contribution in [0.15, 0.2) is 30.3 Å². The van der Waals surface area contributed by atoms with Crippen LogP contribution in [0.25, 0.3) is 0 Å². The number of carboxylic acid groups (broad SMARTS) is 1. The van der Waals surface area contributed by atoms with Crippen LogP contribution >= 0.6 is 0 Å². The van der Waals surface area contributed by atoms with E-state index in [1.807, 2.05) is 51.1 Å². The number of carbonyl (C=O) groups excluding carboxylic acids is 1. The Kier molecular flexibility index (Phi) is 4.39. The molecule has 2 bridgehead atoms. The smallest absolute Gasteiger partial charge is 0.408 e. The van der Waals surface area contributed by atoms with Crippen molar-refractivity contribution in [1.29, 1.82) is 0 Å². The number of nitrogens with zero attached hydrogens (tertiary/aromatic N) is 1. The molecule has 0 radical (unpaired) electrons. The lowest BCUT2D eigenvalue weighted by Crippen LogP contribution is -2.63. The molecule has 136 valence electrons. The summed E-state index contributed by atoms with van der Waals surface area (Å²) in [7, 11) is 0. The van der Waals surface area contributed by atoms with Gasteiger partial charge < -0.3 is 15.2 Å². The second kappa shape index (κ2) is 6.24. The fourth-order valence-corrected chi connectivity index (χ4v) is 4.67. The molecule has 2 aliphatic rings. The third-order valence-corrected chi connectivity index (χ3v) is 5.75. The van der Waals surface area contributed by atoms with Gasteiger partial charge in [0.1, 0.15) is 6.61 Å². The number of fused-ring (bicyclic) bond motifs is 2. The fraction of sp³-hybridized carbons (Fsp3) is 0.579. The van der Waals surface area contributed by atoms with E-state index in [0.29, 0.717) is 6.42 Å². The maximum atomic E-state index is 12.3. The highest BCUT2D eigenvalue weighted by Gasteiger charge is 2.65. The number of carbonyl (C=O) groups is 2. The van der Waals surface area contributed by atoms with Crippen LogP contribution < -0.4 is 5.32 Å². The average Bonchev–Trinajstić information content (AvgIpc) is 3.08. The molecule has 0 aromatic heterocycles. The van der Waals surface area contributed by atoms with E-state index in [1.54, 1.807) is 4.90 Å². The van der Waals surface area contributed by atoms with Crippen LogP contribution in [0, 0.1) is 5.41 Å². The topological polar surface area (TPSA) is 78.9 Å². The van der Waals surface area contributed by atoms with Gasteiger partial charge in [-0.25, -0.2) is 9.59 Å². The quantitative estimate of drug-likeness (QED) is 0.876. The lowest BCUT2D eigenvalue weighted by Gasteiger charge is -2.48. The maximum absolute atomic E-state index is 12.3. The lowest BCUT2D eigenvalue weighted by molar-refractivity contribution is 0.0252. The van der Waals surface area contributed by atoms with Gasteiger partial charge in [0.2, 0.25) is 0 Å². The number of nitrogens with one attached hydrogen (secondary N) is 1. The van der Waals surface area contributed by atoms with Gasteiger partial charge in [-0.15, -0.1) is 0 Å². The molecule has 2 saturated heterocycles. The summed E-state index contributed by atoms with van der Waals surface area (Å²) < 4.78 is 5.34. The van der Waals surface area contributed by atoms with Crippen molar-refractivity contribution in [2.24, 2.45) is 5.41 Å². The Morgan fingerprint density at radius 2 is 2.00 bits per heavy atom. The minimum Gasteiger partial charge on any atom is -0.465 e. The van der Waals surface area contributed by atoms with Gasteiger partial charge >= 0.3 is 12.2 Å². The van der Waals surface area contributed by atoms with E-state index in [4.69, 9.17) is 4.74 Å². The van der Waals surface area contributed by atoms with E-state index in [0.717, 1.165) is 18.4 Å². The van der Waals surface area contributed by atoms with Crippen LogP contribution in [0.4, 0.5) is 9.59 Å². The number of hydrogen-bond donors (Lipinski definition) is 2. The molecule has 0 spiro atoms. The van der Waals surface area contributed by atoms with Crippen molar-refractivity contribution in [3.05, 3.63) is 35.9 Å². The first-order valence-electron chi connectivity index (χ1n) is 8.75. The average molecular weight is 346 g/mol. The summed E-state index contributed by atoms with van der Waals surface area (Å²) in [5, 5.41) is 12.7. The van der Waals surface area contributed by atoms with Crippen molar-refractivity contribution in [3.8, 4) is 0 Å². The summed E-state index contributed by atoms with van der Waals surface area (Å²) in [6.07, 6.45) is 0.858. The van der Waals surface area contributed by atoms with E-state index >= 15 is 0 Å². The lowest BCUT2D eigenvalue weighted by atomic mass is 9.66. The normalized spacial score (nSPS) is 28.0. The molecule has 6 heteroatoms. The molecule has 2 heterocycles. The molecule has 25 heavy (non-hydrogen) atoms. The maximum Gasteiger partial charge on any atom is 0.408 e. The van der Waals surface area contributed by atoms with Crippen molar-refractivity contribution in [2.75, 3.05) is 0 Å². The van der Waals surface area contributed by atoms with E-state index in [9.17, 15) is 14.7 Å². The minimum absolute atomic E-state index is 0.0313. The Hall–Kier alpha value is -2.24. The number of alkyl carbamates (subject to hydrolysis) is 1. The molecule has 6 nitrogen and oxygen atoms in total. The molecule has 1 aromatic carbocycles. The molecule has 2 N–H and O–H groups in total. The van der Waals surface area contributed by atoms with Gasteiger partial charge in [0.15, 0.2) is 0 Å². The van der Waals surface area contributed by atoms with Crippen molar-refractivity contribution in [2.45, 2.75) is 64.3 Å².